The molecule has 16 heteroatoms. The summed E-state index contributed by atoms with van der Waals surface area (Å²) < 4.78 is 27.9. The molecule has 0 saturated heterocycles. The van der Waals surface area contributed by atoms with Gasteiger partial charge in [0.1, 0.15) is 75.4 Å². The summed E-state index contributed by atoms with van der Waals surface area (Å²) >= 11 is 6.72. The zero-order valence-corrected chi connectivity index (χ0v) is 22.7. The summed E-state index contributed by atoms with van der Waals surface area (Å²) in [6.45, 7) is 0. The first-order valence-electron chi connectivity index (χ1n) is 11.2. The minimum absolute atomic E-state index is 0.111. The van der Waals surface area contributed by atoms with E-state index < -0.39 is 11.9 Å². The van der Waals surface area contributed by atoms with E-state index in [1.807, 2.05) is 0 Å². The highest BCUT2D eigenvalue weighted by Gasteiger charge is 2.18. The van der Waals surface area contributed by atoms with Crippen LogP contribution < -0.4 is 0 Å². The average Bonchev–Trinajstić information content (AvgIpc) is 3.00. The van der Waals surface area contributed by atoms with Crippen LogP contribution in [0, 0.1) is 11.9 Å². The van der Waals surface area contributed by atoms with E-state index in [9.17, 15) is 8.78 Å². The normalized spacial score (nSPS) is 11.5. The highest BCUT2D eigenvalue weighted by Crippen LogP contribution is 2.31. The quantitative estimate of drug-likeness (QED) is 0.204. The van der Waals surface area contributed by atoms with Gasteiger partial charge in [-0.1, -0.05) is 0 Å². The van der Waals surface area contributed by atoms with E-state index in [1.54, 1.807) is 24.8 Å². The van der Waals surface area contributed by atoms with Crippen molar-refractivity contribution in [2.75, 3.05) is 0 Å². The van der Waals surface area contributed by atoms with Crippen LogP contribution in [0.25, 0.3) is 66.2 Å². The van der Waals surface area contributed by atoms with E-state index in [-0.39, 0.29) is 11.0 Å². The summed E-state index contributed by atoms with van der Waals surface area (Å²) in [7, 11) is 0. The number of nitrogens with zero attached hydrogens (tertiary/aromatic N) is 12. The molecule has 2 aromatic carbocycles. The maximum absolute atomic E-state index is 13.3. The molecule has 0 fully saturated rings. The average molecular weight is 662 g/mol. The van der Waals surface area contributed by atoms with Gasteiger partial charge in [0.25, 0.3) is 11.9 Å². The molecule has 0 bridgehead atoms. The van der Waals surface area contributed by atoms with Crippen molar-refractivity contribution < 1.29 is 8.78 Å². The molecular weight excluding hydrogens is 654 g/mol. The van der Waals surface area contributed by atoms with Gasteiger partial charge >= 0.3 is 0 Å². The number of benzene rings is 2. The van der Waals surface area contributed by atoms with Gasteiger partial charge in [0.05, 0.1) is 0 Å². The molecule has 8 aromatic rings. The molecule has 0 aliphatic carbocycles. The third kappa shape index (κ3) is 3.83. The van der Waals surface area contributed by atoms with Gasteiger partial charge in [-0.3, -0.25) is 39.9 Å². The van der Waals surface area contributed by atoms with Gasteiger partial charge in [-0.25, -0.2) is 19.9 Å². The molecule has 192 valence electrons. The molecule has 8 rings (SSSR count). The molecule has 6 aromatic heterocycles. The Morgan fingerprint density at radius 3 is 0.775 bits per heavy atom. The lowest BCUT2D eigenvalue weighted by atomic mass is 10.2. The van der Waals surface area contributed by atoms with Gasteiger partial charge in [-0.2, -0.15) is 8.78 Å². The summed E-state index contributed by atoms with van der Waals surface area (Å²) in [4.78, 5) is 50.1. The van der Waals surface area contributed by atoms with Gasteiger partial charge in [-0.05, 0) is 31.9 Å². The van der Waals surface area contributed by atoms with Crippen LogP contribution in [0.15, 0.2) is 58.8 Å². The van der Waals surface area contributed by atoms with Crippen LogP contribution >= 0.6 is 31.9 Å². The smallest absolute Gasteiger partial charge is 0.251 e. The summed E-state index contributed by atoms with van der Waals surface area (Å²) in [6.07, 6.45) is 12.3. The van der Waals surface area contributed by atoms with Gasteiger partial charge in [0, 0.05) is 49.6 Å². The molecule has 0 unspecified atom stereocenters. The van der Waals surface area contributed by atoms with Gasteiger partial charge in [-0.15, -0.1) is 0 Å². The van der Waals surface area contributed by atoms with E-state index >= 15 is 0 Å². The third-order valence-electron chi connectivity index (χ3n) is 5.77. The van der Waals surface area contributed by atoms with E-state index in [2.05, 4.69) is 91.7 Å². The fourth-order valence-electron chi connectivity index (χ4n) is 4.19. The Morgan fingerprint density at radius 2 is 0.525 bits per heavy atom. The van der Waals surface area contributed by atoms with Gasteiger partial charge in [0.15, 0.2) is 0 Å². The molecule has 40 heavy (non-hydrogen) atoms. The minimum Gasteiger partial charge on any atom is -0.251 e. The van der Waals surface area contributed by atoms with Crippen LogP contribution in [0.1, 0.15) is 0 Å². The maximum atomic E-state index is 13.3. The highest BCUT2D eigenvalue weighted by molar-refractivity contribution is 9.13. The number of hydrogen-bond acceptors (Lipinski definition) is 12. The van der Waals surface area contributed by atoms with E-state index in [0.29, 0.717) is 64.4 Å². The number of aromatic nitrogens is 12. The SMILES string of the molecule is Brc1nc2c3nccnc3c3nccnc3c2nc1Br.Fc1nc2c3nccnc3c3nccnc3c2nc1F. The topological polar surface area (TPSA) is 155 Å². The van der Waals surface area contributed by atoms with Crippen LogP contribution in [0.2, 0.25) is 0 Å². The molecular formula is C24H8Br2F2N12. The van der Waals surface area contributed by atoms with Crippen molar-refractivity contribution in [1.29, 1.82) is 0 Å². The Hall–Kier alpha value is -4.70. The first kappa shape index (κ1) is 24.3. The first-order valence-corrected chi connectivity index (χ1v) is 12.8. The Kier molecular flexibility index (Phi) is 5.78. The van der Waals surface area contributed by atoms with Crippen molar-refractivity contribution >= 4 is 98.1 Å². The Labute approximate surface area is 236 Å². The Morgan fingerprint density at radius 1 is 0.325 bits per heavy atom. The van der Waals surface area contributed by atoms with Gasteiger partial charge in [0.2, 0.25) is 0 Å². The van der Waals surface area contributed by atoms with E-state index in [0.717, 1.165) is 0 Å². The van der Waals surface area contributed by atoms with Crippen molar-refractivity contribution in [2.24, 2.45) is 0 Å². The lowest BCUT2D eigenvalue weighted by Gasteiger charge is -2.06. The second-order valence-electron chi connectivity index (χ2n) is 8.02. The zero-order valence-electron chi connectivity index (χ0n) is 19.5. The first-order chi connectivity index (χ1) is 19.5. The zero-order chi connectivity index (χ0) is 27.4. The predicted molar refractivity (Wildman–Crippen MR) is 147 cm³/mol. The monoisotopic (exact) mass is 660 g/mol. The fourth-order valence-corrected chi connectivity index (χ4v) is 4.72. The highest BCUT2D eigenvalue weighted by atomic mass is 79.9. The number of fused-ring (bicyclic) bond motifs is 12. The molecule has 0 aliphatic heterocycles. The lowest BCUT2D eigenvalue weighted by molar-refractivity contribution is 0.459. The van der Waals surface area contributed by atoms with Crippen LogP contribution in [0.3, 0.4) is 0 Å². The minimum atomic E-state index is -1.28. The van der Waals surface area contributed by atoms with Crippen molar-refractivity contribution in [1.82, 2.24) is 59.8 Å². The van der Waals surface area contributed by atoms with E-state index in [1.165, 1.54) is 24.8 Å². The number of hydrogen-bond donors (Lipinski definition) is 0. The van der Waals surface area contributed by atoms with Crippen LogP contribution in [0.4, 0.5) is 8.78 Å². The maximum Gasteiger partial charge on any atom is 0.269 e. The third-order valence-corrected chi connectivity index (χ3v) is 7.41. The fraction of sp³-hybridized carbons (Fsp3) is 0. The molecule has 0 amide bonds. The molecule has 0 saturated carbocycles. The van der Waals surface area contributed by atoms with Crippen LogP contribution in [-0.2, 0) is 0 Å². The van der Waals surface area contributed by atoms with Crippen molar-refractivity contribution in [3.8, 4) is 0 Å². The van der Waals surface area contributed by atoms with Crippen molar-refractivity contribution in [2.45, 2.75) is 0 Å². The molecule has 0 spiro atoms. The summed E-state index contributed by atoms with van der Waals surface area (Å²) in [5.41, 5.74) is 5.65. The second kappa shape index (κ2) is 9.49. The molecule has 0 radical (unpaired) electrons. The number of rotatable bonds is 0. The predicted octanol–water partition coefficient (Wildman–Crippen LogP) is 4.84. The van der Waals surface area contributed by atoms with E-state index in [4.69, 9.17) is 0 Å². The Bertz CT molecular complexity index is 1980. The number of halogens is 4. The van der Waals surface area contributed by atoms with Crippen molar-refractivity contribution in [3.05, 3.63) is 70.7 Å². The van der Waals surface area contributed by atoms with Crippen LogP contribution in [-0.4, -0.2) is 59.8 Å². The second-order valence-corrected chi connectivity index (χ2v) is 9.52. The standard InChI is InChI=1S/C12H4Br2N6.C12H4F2N6/c2*13-11-12(14)20-10-8-6(16-2-4-18-8)5-7(9(10)19-11)17-3-1-15-5/h2*1-4H. The van der Waals surface area contributed by atoms with Crippen LogP contribution in [0.5, 0.6) is 0 Å². The molecule has 0 atom stereocenters. The Balaban J connectivity index is 0.000000132. The van der Waals surface area contributed by atoms with Crippen molar-refractivity contribution in [3.63, 3.8) is 0 Å². The molecule has 0 aliphatic rings. The lowest BCUT2D eigenvalue weighted by Crippen LogP contribution is -2.00. The molecule has 0 N–H and O–H groups in total. The largest absolute Gasteiger partial charge is 0.269 e. The summed E-state index contributed by atoms with van der Waals surface area (Å²) in [5.74, 6) is -2.57. The molecule has 12 nitrogen and oxygen atoms in total. The summed E-state index contributed by atoms with van der Waals surface area (Å²) in [6, 6.07) is 0. The molecule has 6 heterocycles. The van der Waals surface area contributed by atoms with Gasteiger partial charge < -0.3 is 0 Å². The summed E-state index contributed by atoms with van der Waals surface area (Å²) in [5, 5.41) is 0.